The molecular formula is C16H17N3. The van der Waals surface area contributed by atoms with Crippen molar-refractivity contribution in [2.75, 3.05) is 0 Å². The highest BCUT2D eigenvalue weighted by Gasteiger charge is 2.47. The molecule has 0 saturated heterocycles. The number of pyridine rings is 1. The maximum Gasteiger partial charge on any atom is 0.138 e. The van der Waals surface area contributed by atoms with E-state index in [-0.39, 0.29) is 11.5 Å². The number of nitrogens with two attached hydrogens (primary N) is 1. The van der Waals surface area contributed by atoms with E-state index in [1.54, 1.807) is 0 Å². The van der Waals surface area contributed by atoms with Crippen molar-refractivity contribution in [3.8, 4) is 0 Å². The molecule has 1 atom stereocenters. The largest absolute Gasteiger partial charge is 0.339 e. The molecule has 1 unspecified atom stereocenters. The van der Waals surface area contributed by atoms with Crippen LogP contribution >= 0.6 is 0 Å². The highest BCUT2D eigenvalue weighted by Crippen LogP contribution is 2.50. The Bertz CT molecular complexity index is 766. The first-order valence-electron chi connectivity index (χ1n) is 6.83. The Balaban J connectivity index is 1.98. The van der Waals surface area contributed by atoms with Crippen molar-refractivity contribution in [3.05, 3.63) is 42.1 Å². The summed E-state index contributed by atoms with van der Waals surface area (Å²) < 4.78 is 0. The maximum absolute atomic E-state index is 6.18. The van der Waals surface area contributed by atoms with Crippen LogP contribution in [0.25, 0.3) is 21.9 Å². The van der Waals surface area contributed by atoms with Crippen LogP contribution in [0.1, 0.15) is 25.3 Å². The van der Waals surface area contributed by atoms with Gasteiger partial charge in [-0.3, -0.25) is 0 Å². The molecule has 1 fully saturated rings. The lowest BCUT2D eigenvalue weighted by Crippen LogP contribution is -2.31. The lowest BCUT2D eigenvalue weighted by molar-refractivity contribution is 0.557. The van der Waals surface area contributed by atoms with Crippen LogP contribution in [0.4, 0.5) is 0 Å². The molecule has 3 aromatic rings. The lowest BCUT2D eigenvalue weighted by atomic mass is 9.88. The Hall–Kier alpha value is -1.87. The van der Waals surface area contributed by atoms with E-state index >= 15 is 0 Å². The zero-order valence-electron chi connectivity index (χ0n) is 11.0. The molecule has 1 saturated carbocycles. The summed E-state index contributed by atoms with van der Waals surface area (Å²) in [5.41, 5.74) is 9.87. The fourth-order valence-corrected chi connectivity index (χ4v) is 3.18. The summed E-state index contributed by atoms with van der Waals surface area (Å²) in [6.45, 7) is 2.12. The van der Waals surface area contributed by atoms with Crippen molar-refractivity contribution in [1.29, 1.82) is 0 Å². The van der Waals surface area contributed by atoms with Gasteiger partial charge in [-0.15, -0.1) is 0 Å². The van der Waals surface area contributed by atoms with Crippen molar-refractivity contribution in [2.45, 2.75) is 31.2 Å². The van der Waals surface area contributed by atoms with Crippen LogP contribution in [-0.2, 0) is 5.41 Å². The molecule has 19 heavy (non-hydrogen) atoms. The molecule has 1 aliphatic rings. The fourth-order valence-electron chi connectivity index (χ4n) is 3.18. The van der Waals surface area contributed by atoms with Gasteiger partial charge in [-0.2, -0.15) is 0 Å². The summed E-state index contributed by atoms with van der Waals surface area (Å²) >= 11 is 0. The molecule has 3 heteroatoms. The molecule has 3 nitrogen and oxygen atoms in total. The number of nitrogens with one attached hydrogen (secondary N) is 1. The average Bonchev–Trinajstić information content (AvgIpc) is 3.15. The SMILES string of the molecule is CC(N)C1(c2ccc3[nH]c4ncccc4c3c2)CC1. The highest BCUT2D eigenvalue weighted by atomic mass is 14.8. The van der Waals surface area contributed by atoms with Gasteiger partial charge < -0.3 is 10.7 Å². The standard InChI is InChI=1S/C16H17N3/c1-10(17)16(6-7-16)11-4-5-14-13(9-11)12-3-2-8-18-15(12)19-14/h2-5,8-10H,6-7,17H2,1H3,(H,18,19). The van der Waals surface area contributed by atoms with E-state index in [2.05, 4.69) is 41.2 Å². The van der Waals surface area contributed by atoms with Crippen molar-refractivity contribution in [1.82, 2.24) is 9.97 Å². The van der Waals surface area contributed by atoms with Crippen molar-refractivity contribution >= 4 is 21.9 Å². The Kier molecular flexibility index (Phi) is 2.07. The number of rotatable bonds is 2. The molecule has 2 aromatic heterocycles. The molecule has 0 amide bonds. The van der Waals surface area contributed by atoms with E-state index in [0.717, 1.165) is 11.2 Å². The van der Waals surface area contributed by atoms with Gasteiger partial charge in [0, 0.05) is 33.9 Å². The molecule has 2 heterocycles. The maximum atomic E-state index is 6.18. The van der Waals surface area contributed by atoms with E-state index in [0.29, 0.717) is 0 Å². The van der Waals surface area contributed by atoms with E-state index < -0.39 is 0 Å². The topological polar surface area (TPSA) is 54.7 Å². The average molecular weight is 251 g/mol. The van der Waals surface area contributed by atoms with Crippen LogP contribution in [0.2, 0.25) is 0 Å². The number of hydrogen-bond donors (Lipinski definition) is 2. The van der Waals surface area contributed by atoms with Crippen molar-refractivity contribution < 1.29 is 0 Å². The summed E-state index contributed by atoms with van der Waals surface area (Å²) in [4.78, 5) is 7.74. The number of fused-ring (bicyclic) bond motifs is 3. The lowest BCUT2D eigenvalue weighted by Gasteiger charge is -2.20. The van der Waals surface area contributed by atoms with Gasteiger partial charge >= 0.3 is 0 Å². The molecule has 3 N–H and O–H groups in total. The van der Waals surface area contributed by atoms with Gasteiger partial charge in [0.15, 0.2) is 0 Å². The Morgan fingerprint density at radius 1 is 1.26 bits per heavy atom. The minimum absolute atomic E-state index is 0.208. The third-order valence-electron chi connectivity index (χ3n) is 4.61. The molecule has 1 aliphatic carbocycles. The summed E-state index contributed by atoms with van der Waals surface area (Å²) in [7, 11) is 0. The van der Waals surface area contributed by atoms with E-state index in [1.165, 1.54) is 29.2 Å². The quantitative estimate of drug-likeness (QED) is 0.735. The van der Waals surface area contributed by atoms with Crippen LogP contribution in [-0.4, -0.2) is 16.0 Å². The van der Waals surface area contributed by atoms with Crippen LogP contribution in [0.15, 0.2) is 36.5 Å². The van der Waals surface area contributed by atoms with E-state index in [9.17, 15) is 0 Å². The van der Waals surface area contributed by atoms with Crippen molar-refractivity contribution in [2.24, 2.45) is 5.73 Å². The van der Waals surface area contributed by atoms with Crippen LogP contribution in [0.3, 0.4) is 0 Å². The van der Waals surface area contributed by atoms with E-state index in [4.69, 9.17) is 5.73 Å². The smallest absolute Gasteiger partial charge is 0.138 e. The molecule has 96 valence electrons. The van der Waals surface area contributed by atoms with Gasteiger partial charge in [-0.25, -0.2) is 4.98 Å². The summed E-state index contributed by atoms with van der Waals surface area (Å²) in [5, 5.41) is 2.45. The predicted octanol–water partition coefficient (Wildman–Crippen LogP) is 3.09. The van der Waals surface area contributed by atoms with Gasteiger partial charge in [0.05, 0.1) is 0 Å². The van der Waals surface area contributed by atoms with Gasteiger partial charge in [-0.05, 0) is 49.6 Å². The second-order valence-electron chi connectivity index (χ2n) is 5.73. The molecule has 4 rings (SSSR count). The first-order chi connectivity index (χ1) is 9.21. The third-order valence-corrected chi connectivity index (χ3v) is 4.61. The molecule has 0 radical (unpaired) electrons. The first kappa shape index (κ1) is 11.0. The summed E-state index contributed by atoms with van der Waals surface area (Å²) in [6, 6.07) is 11.0. The fraction of sp³-hybridized carbons (Fsp3) is 0.312. The monoisotopic (exact) mass is 251 g/mol. The molecule has 1 aromatic carbocycles. The Labute approximate surface area is 111 Å². The third kappa shape index (κ3) is 1.45. The van der Waals surface area contributed by atoms with Crippen LogP contribution in [0.5, 0.6) is 0 Å². The zero-order chi connectivity index (χ0) is 13.0. The van der Waals surface area contributed by atoms with Gasteiger partial charge in [0.25, 0.3) is 0 Å². The predicted molar refractivity (Wildman–Crippen MR) is 78.2 cm³/mol. The molecule has 0 aliphatic heterocycles. The minimum atomic E-state index is 0.208. The van der Waals surface area contributed by atoms with Gasteiger partial charge in [0.2, 0.25) is 0 Å². The first-order valence-corrected chi connectivity index (χ1v) is 6.83. The second kappa shape index (κ2) is 3.58. The Morgan fingerprint density at radius 3 is 2.84 bits per heavy atom. The zero-order valence-corrected chi connectivity index (χ0v) is 11.0. The number of aromatic nitrogens is 2. The summed E-state index contributed by atoms with van der Waals surface area (Å²) in [6.07, 6.45) is 4.23. The molecule has 0 bridgehead atoms. The number of H-pyrrole nitrogens is 1. The van der Waals surface area contributed by atoms with Gasteiger partial charge in [0.1, 0.15) is 5.65 Å². The van der Waals surface area contributed by atoms with Gasteiger partial charge in [-0.1, -0.05) is 6.07 Å². The molecular weight excluding hydrogens is 234 g/mol. The summed E-state index contributed by atoms with van der Waals surface area (Å²) in [5.74, 6) is 0. The van der Waals surface area contributed by atoms with Crippen molar-refractivity contribution in [3.63, 3.8) is 0 Å². The number of benzene rings is 1. The highest BCUT2D eigenvalue weighted by molar-refractivity contribution is 6.06. The second-order valence-corrected chi connectivity index (χ2v) is 5.73. The van der Waals surface area contributed by atoms with Crippen LogP contribution < -0.4 is 5.73 Å². The number of nitrogens with zero attached hydrogens (tertiary/aromatic N) is 1. The Morgan fingerprint density at radius 2 is 2.11 bits per heavy atom. The number of hydrogen-bond acceptors (Lipinski definition) is 2. The minimum Gasteiger partial charge on any atom is -0.339 e. The van der Waals surface area contributed by atoms with Crippen LogP contribution in [0, 0.1) is 0 Å². The normalized spacial score (nSPS) is 18.8. The number of aromatic amines is 1. The molecule has 0 spiro atoms. The van der Waals surface area contributed by atoms with E-state index in [1.807, 2.05) is 12.3 Å².